The number of hydrogen-bond donors (Lipinski definition) is 1. The van der Waals surface area contributed by atoms with E-state index in [1.54, 1.807) is 12.2 Å². The molecular formula is C28H35FINO2. The number of fused-ring (bicyclic) bond motifs is 4. The monoisotopic (exact) mass is 563 g/mol. The fourth-order valence-corrected chi connectivity index (χ4v) is 8.62. The second-order valence-corrected chi connectivity index (χ2v) is 13.3. The van der Waals surface area contributed by atoms with E-state index < -0.39 is 6.10 Å². The zero-order valence-corrected chi connectivity index (χ0v) is 21.9. The Bertz CT molecular complexity index is 1030. The molecule has 4 unspecified atom stereocenters. The van der Waals surface area contributed by atoms with Crippen LogP contribution in [-0.2, 0) is 16.8 Å². The molecule has 3 nitrogen and oxygen atoms in total. The minimum Gasteiger partial charge on any atom is -0.388 e. The van der Waals surface area contributed by atoms with E-state index in [-0.39, 0.29) is 28.9 Å². The Balaban J connectivity index is 1.60. The maximum atomic E-state index is 13.9. The summed E-state index contributed by atoms with van der Waals surface area (Å²) in [6, 6.07) is 0. The first-order valence-electron chi connectivity index (χ1n) is 12.9. The zero-order valence-electron chi connectivity index (χ0n) is 19.7. The van der Waals surface area contributed by atoms with Gasteiger partial charge in [-0.15, -0.1) is 0 Å². The van der Waals surface area contributed by atoms with Gasteiger partial charge in [-0.05, 0) is 68.9 Å². The number of nitrogens with zero attached hydrogens (tertiary/aromatic N) is 1. The molecule has 5 heteroatoms. The average Bonchev–Trinajstić information content (AvgIpc) is 3.48. The number of alkyl halides is 1. The van der Waals surface area contributed by atoms with Gasteiger partial charge in [0.25, 0.3) is 0 Å². The molecule has 1 N–H and O–H groups in total. The van der Waals surface area contributed by atoms with Crippen molar-refractivity contribution in [1.29, 1.82) is 0 Å². The maximum absolute atomic E-state index is 13.9. The van der Waals surface area contributed by atoms with Crippen molar-refractivity contribution in [3.05, 3.63) is 52.1 Å². The van der Waals surface area contributed by atoms with Gasteiger partial charge in [-0.3, -0.25) is 4.98 Å². The molecule has 1 aliphatic heterocycles. The summed E-state index contributed by atoms with van der Waals surface area (Å²) in [5.74, 6) is 0.439. The van der Waals surface area contributed by atoms with E-state index in [9.17, 15) is 9.50 Å². The highest BCUT2D eigenvalue weighted by Crippen LogP contribution is 2.62. The van der Waals surface area contributed by atoms with Crippen LogP contribution in [0.5, 0.6) is 0 Å². The molecule has 5 atom stereocenters. The van der Waals surface area contributed by atoms with Crippen molar-refractivity contribution in [3.63, 3.8) is 0 Å². The summed E-state index contributed by atoms with van der Waals surface area (Å²) in [5, 5.41) is 11.5. The average molecular weight is 563 g/mol. The lowest BCUT2D eigenvalue weighted by Gasteiger charge is -2.39. The number of rotatable bonds is 2. The first-order chi connectivity index (χ1) is 15.8. The molecule has 5 aliphatic rings. The quantitative estimate of drug-likeness (QED) is 0.301. The molecule has 0 radical (unpaired) electrons. The van der Waals surface area contributed by atoms with Gasteiger partial charge in [0, 0.05) is 43.8 Å². The van der Waals surface area contributed by atoms with Crippen LogP contribution >= 0.6 is 22.6 Å². The maximum Gasteiger partial charge on any atom is 0.118 e. The number of aromatic nitrogens is 1. The molecular weight excluding hydrogens is 528 g/mol. The van der Waals surface area contributed by atoms with Crippen molar-refractivity contribution in [2.24, 2.45) is 11.3 Å². The van der Waals surface area contributed by atoms with E-state index in [1.165, 1.54) is 42.5 Å². The van der Waals surface area contributed by atoms with E-state index in [1.807, 2.05) is 6.08 Å². The number of allylic oxidation sites excluding steroid dienone is 3. The summed E-state index contributed by atoms with van der Waals surface area (Å²) in [6.07, 6.45) is 15.2. The van der Waals surface area contributed by atoms with Gasteiger partial charge in [-0.25, -0.2) is 4.39 Å². The molecule has 2 saturated carbocycles. The van der Waals surface area contributed by atoms with Gasteiger partial charge in [0.2, 0.25) is 0 Å². The Kier molecular flexibility index (Phi) is 5.58. The molecule has 0 aromatic carbocycles. The second kappa shape index (κ2) is 8.12. The van der Waals surface area contributed by atoms with Crippen molar-refractivity contribution in [2.75, 3.05) is 0 Å². The lowest BCUT2D eigenvalue weighted by molar-refractivity contribution is -0.0835. The van der Waals surface area contributed by atoms with Crippen LogP contribution in [0.1, 0.15) is 118 Å². The fraction of sp³-hybridized carbons (Fsp3) is 0.679. The highest BCUT2D eigenvalue weighted by molar-refractivity contribution is 14.1. The van der Waals surface area contributed by atoms with Crippen molar-refractivity contribution < 1.29 is 14.2 Å². The first kappa shape index (κ1) is 22.7. The van der Waals surface area contributed by atoms with E-state index in [4.69, 9.17) is 9.72 Å². The SMILES string of the molecule is CC1(C)Cc2nc(C3CCCC3)c3c(c2C(O)C1)C1(CCCC1I)O[C@@H]3C1C=CC(F)=CC1. The highest BCUT2D eigenvalue weighted by Gasteiger charge is 2.57. The Morgan fingerprint density at radius 1 is 1.15 bits per heavy atom. The predicted molar refractivity (Wildman–Crippen MR) is 136 cm³/mol. The molecule has 0 amide bonds. The van der Waals surface area contributed by atoms with Crippen LogP contribution in [0.15, 0.2) is 24.1 Å². The second-order valence-electron chi connectivity index (χ2n) is 11.8. The number of hydrogen-bond acceptors (Lipinski definition) is 3. The molecule has 1 aromatic heterocycles. The molecule has 6 rings (SSSR count). The van der Waals surface area contributed by atoms with Gasteiger partial charge in [-0.1, -0.05) is 55.4 Å². The van der Waals surface area contributed by atoms with Gasteiger partial charge >= 0.3 is 0 Å². The minimum atomic E-state index is -0.495. The van der Waals surface area contributed by atoms with Crippen LogP contribution in [0.2, 0.25) is 0 Å². The van der Waals surface area contributed by atoms with E-state index in [0.29, 0.717) is 16.3 Å². The lowest BCUT2D eigenvalue weighted by atomic mass is 9.70. The van der Waals surface area contributed by atoms with E-state index in [0.717, 1.165) is 43.4 Å². The Morgan fingerprint density at radius 3 is 2.61 bits per heavy atom. The summed E-state index contributed by atoms with van der Waals surface area (Å²) < 4.78 is 21.4. The van der Waals surface area contributed by atoms with Crippen LogP contribution in [-0.4, -0.2) is 14.0 Å². The van der Waals surface area contributed by atoms with Crippen LogP contribution in [0.25, 0.3) is 0 Å². The van der Waals surface area contributed by atoms with Gasteiger partial charge in [0.05, 0.1) is 12.2 Å². The van der Waals surface area contributed by atoms with Crippen LogP contribution in [0, 0.1) is 11.3 Å². The number of aliphatic hydroxyl groups is 1. The first-order valence-corrected chi connectivity index (χ1v) is 14.1. The summed E-state index contributed by atoms with van der Waals surface area (Å²) in [5.41, 5.74) is 5.70. The smallest absolute Gasteiger partial charge is 0.118 e. The predicted octanol–water partition coefficient (Wildman–Crippen LogP) is 7.43. The molecule has 1 spiro atoms. The van der Waals surface area contributed by atoms with Crippen LogP contribution in [0.4, 0.5) is 4.39 Å². The third kappa shape index (κ3) is 3.58. The standard InChI is InChI=1S/C28H35FINO2/c1-27(2)14-19-22(20(32)15-27)24-23(25(31-19)16-6-3-4-7-16)26(17-9-11-18(29)12-10-17)33-28(24)13-5-8-21(28)30/h9,11-12,16-17,20-21,26,32H,3-8,10,13-15H2,1-2H3/t17?,20?,21?,26-,28?/m1/s1. The highest BCUT2D eigenvalue weighted by atomic mass is 127. The lowest BCUT2D eigenvalue weighted by Crippen LogP contribution is -2.35. The molecule has 2 fully saturated rings. The normalized spacial score (nSPS) is 37.4. The summed E-state index contributed by atoms with van der Waals surface area (Å²) in [4.78, 5) is 5.40. The number of ether oxygens (including phenoxy) is 1. The van der Waals surface area contributed by atoms with E-state index >= 15 is 0 Å². The molecule has 0 bridgehead atoms. The third-order valence-electron chi connectivity index (χ3n) is 8.88. The molecule has 0 saturated heterocycles. The van der Waals surface area contributed by atoms with E-state index in [2.05, 4.69) is 36.4 Å². The Labute approximate surface area is 210 Å². The zero-order chi connectivity index (χ0) is 23.0. The van der Waals surface area contributed by atoms with Crippen LogP contribution < -0.4 is 0 Å². The van der Waals surface area contributed by atoms with Crippen LogP contribution in [0.3, 0.4) is 0 Å². The molecule has 1 aromatic rings. The summed E-state index contributed by atoms with van der Waals surface area (Å²) in [7, 11) is 0. The molecule has 4 aliphatic carbocycles. The Morgan fingerprint density at radius 2 is 1.94 bits per heavy atom. The van der Waals surface area contributed by atoms with Gasteiger partial charge < -0.3 is 9.84 Å². The molecule has 2 heterocycles. The number of aliphatic hydroxyl groups excluding tert-OH is 1. The van der Waals surface area contributed by atoms with Gasteiger partial charge in [0.15, 0.2) is 0 Å². The van der Waals surface area contributed by atoms with Crippen molar-refractivity contribution in [3.8, 4) is 0 Å². The van der Waals surface area contributed by atoms with Gasteiger partial charge in [0.1, 0.15) is 11.4 Å². The van der Waals surface area contributed by atoms with Crippen molar-refractivity contribution in [2.45, 2.75) is 106 Å². The topological polar surface area (TPSA) is 42.4 Å². The summed E-state index contributed by atoms with van der Waals surface area (Å²) in [6.45, 7) is 4.51. The number of pyridine rings is 1. The Hall–Kier alpha value is -0.790. The van der Waals surface area contributed by atoms with Gasteiger partial charge in [-0.2, -0.15) is 0 Å². The summed E-state index contributed by atoms with van der Waals surface area (Å²) >= 11 is 2.60. The third-order valence-corrected chi connectivity index (χ3v) is 10.5. The van der Waals surface area contributed by atoms with Crippen molar-refractivity contribution in [1.82, 2.24) is 4.98 Å². The minimum absolute atomic E-state index is 0.0421. The molecule has 33 heavy (non-hydrogen) atoms. The fourth-order valence-electron chi connectivity index (χ4n) is 7.41. The number of halogens is 2. The molecule has 178 valence electrons. The van der Waals surface area contributed by atoms with Crippen molar-refractivity contribution >= 4 is 22.6 Å². The largest absolute Gasteiger partial charge is 0.388 e.